The van der Waals surface area contributed by atoms with Gasteiger partial charge in [0.1, 0.15) is 4.83 Å². The highest BCUT2D eigenvalue weighted by atomic mass is 32.1. The van der Waals surface area contributed by atoms with E-state index in [2.05, 4.69) is 0 Å². The molecule has 0 radical (unpaired) electrons. The van der Waals surface area contributed by atoms with Crippen molar-refractivity contribution in [3.8, 4) is 11.1 Å². The zero-order valence-corrected chi connectivity index (χ0v) is 9.28. The molecule has 2 nitrogen and oxygen atoms in total. The van der Waals surface area contributed by atoms with Crippen LogP contribution in [-0.2, 0) is 0 Å². The molecular weight excluding hydrogens is 218 g/mol. The Labute approximate surface area is 96.4 Å². The van der Waals surface area contributed by atoms with Crippen molar-refractivity contribution >= 4 is 16.2 Å². The van der Waals surface area contributed by atoms with Gasteiger partial charge in [-0.05, 0) is 17.7 Å². The van der Waals surface area contributed by atoms with E-state index in [-0.39, 0.29) is 5.56 Å². The van der Waals surface area contributed by atoms with Crippen molar-refractivity contribution in [2.24, 2.45) is 0 Å². The fraction of sp³-hybridized carbons (Fsp3) is 0. The highest BCUT2D eigenvalue weighted by Crippen LogP contribution is 2.17. The van der Waals surface area contributed by atoms with E-state index in [1.54, 1.807) is 15.7 Å². The number of nitrogens with zero attached hydrogens (tertiary/aromatic N) is 1. The first-order chi connectivity index (χ1) is 7.86. The molecule has 2 aromatic heterocycles. The van der Waals surface area contributed by atoms with E-state index < -0.39 is 0 Å². The van der Waals surface area contributed by atoms with Crippen LogP contribution in [0.15, 0.2) is 58.8 Å². The van der Waals surface area contributed by atoms with E-state index in [0.717, 1.165) is 16.0 Å². The van der Waals surface area contributed by atoms with Crippen molar-refractivity contribution in [1.82, 2.24) is 4.40 Å². The number of pyridine rings is 1. The van der Waals surface area contributed by atoms with Crippen LogP contribution < -0.4 is 5.56 Å². The number of thiazole rings is 1. The fourth-order valence-corrected chi connectivity index (χ4v) is 2.50. The van der Waals surface area contributed by atoms with E-state index >= 15 is 0 Å². The molecule has 3 aromatic rings. The molecule has 0 atom stereocenters. The summed E-state index contributed by atoms with van der Waals surface area (Å²) >= 11 is 1.57. The number of aromatic nitrogens is 1. The van der Waals surface area contributed by atoms with Crippen LogP contribution in [0.25, 0.3) is 16.0 Å². The topological polar surface area (TPSA) is 21.5 Å². The first-order valence-electron chi connectivity index (χ1n) is 5.00. The zero-order chi connectivity index (χ0) is 11.0. The lowest BCUT2D eigenvalue weighted by Gasteiger charge is -2.00. The first-order valence-corrected chi connectivity index (χ1v) is 5.88. The highest BCUT2D eigenvalue weighted by molar-refractivity contribution is 7.15. The average Bonchev–Trinajstić information content (AvgIpc) is 2.80. The molecule has 0 bridgehead atoms. The largest absolute Gasteiger partial charge is 0.274 e. The van der Waals surface area contributed by atoms with Crippen molar-refractivity contribution in [2.45, 2.75) is 0 Å². The maximum absolute atomic E-state index is 12.2. The normalized spacial score (nSPS) is 10.8. The molecular formula is C13H9NOS. The molecule has 0 amide bonds. The van der Waals surface area contributed by atoms with Gasteiger partial charge in [0.15, 0.2) is 0 Å². The smallest absolute Gasteiger partial charge is 0.263 e. The molecule has 16 heavy (non-hydrogen) atoms. The van der Waals surface area contributed by atoms with Gasteiger partial charge in [0, 0.05) is 17.1 Å². The average molecular weight is 227 g/mol. The fourth-order valence-electron chi connectivity index (χ4n) is 1.77. The van der Waals surface area contributed by atoms with Crippen LogP contribution in [0, 0.1) is 0 Å². The molecule has 1 aromatic carbocycles. The standard InChI is InChI=1S/C13H9NOS/c15-13-11(10-4-2-1-3-5-10)6-7-12-14(13)8-9-16-12/h1-9H. The minimum atomic E-state index is 0.0463. The van der Waals surface area contributed by atoms with Crippen molar-refractivity contribution in [3.05, 3.63) is 64.4 Å². The van der Waals surface area contributed by atoms with Crippen LogP contribution in [0.2, 0.25) is 0 Å². The minimum absolute atomic E-state index is 0.0463. The molecule has 0 N–H and O–H groups in total. The Bertz CT molecular complexity index is 682. The summed E-state index contributed by atoms with van der Waals surface area (Å²) in [5.74, 6) is 0. The first kappa shape index (κ1) is 9.36. The third-order valence-corrected chi connectivity index (χ3v) is 3.39. The summed E-state index contributed by atoms with van der Waals surface area (Å²) in [6.07, 6.45) is 1.81. The second kappa shape index (κ2) is 3.61. The number of hydrogen-bond acceptors (Lipinski definition) is 2. The van der Waals surface area contributed by atoms with Crippen LogP contribution in [0.5, 0.6) is 0 Å². The molecule has 3 rings (SSSR count). The highest BCUT2D eigenvalue weighted by Gasteiger charge is 2.05. The van der Waals surface area contributed by atoms with Crippen LogP contribution >= 0.6 is 11.3 Å². The summed E-state index contributed by atoms with van der Waals surface area (Å²) in [4.78, 5) is 13.1. The van der Waals surface area contributed by atoms with Gasteiger partial charge in [-0.1, -0.05) is 30.3 Å². The molecule has 0 saturated carbocycles. The van der Waals surface area contributed by atoms with E-state index in [1.807, 2.05) is 54.0 Å². The molecule has 0 aliphatic carbocycles. The van der Waals surface area contributed by atoms with Crippen LogP contribution in [-0.4, -0.2) is 4.40 Å². The summed E-state index contributed by atoms with van der Waals surface area (Å²) in [5.41, 5.74) is 1.76. The van der Waals surface area contributed by atoms with Crippen molar-refractivity contribution in [3.63, 3.8) is 0 Å². The number of rotatable bonds is 1. The van der Waals surface area contributed by atoms with Crippen LogP contribution in [0.3, 0.4) is 0 Å². The van der Waals surface area contributed by atoms with Gasteiger partial charge in [-0.2, -0.15) is 0 Å². The predicted octanol–water partition coefficient (Wildman–Crippen LogP) is 3.03. The molecule has 0 fully saturated rings. The van der Waals surface area contributed by atoms with Crippen LogP contribution in [0.4, 0.5) is 0 Å². The van der Waals surface area contributed by atoms with Gasteiger partial charge in [-0.15, -0.1) is 11.3 Å². The Balaban J connectivity index is 2.33. The second-order valence-corrected chi connectivity index (χ2v) is 4.46. The monoisotopic (exact) mass is 227 g/mol. The molecule has 2 heterocycles. The molecule has 0 spiro atoms. The lowest BCUT2D eigenvalue weighted by Crippen LogP contribution is -2.12. The Hall–Kier alpha value is -1.87. The lowest BCUT2D eigenvalue weighted by atomic mass is 10.1. The van der Waals surface area contributed by atoms with Gasteiger partial charge in [-0.3, -0.25) is 9.20 Å². The molecule has 78 valence electrons. The molecule has 0 aliphatic heterocycles. The molecule has 0 unspecified atom stereocenters. The quantitative estimate of drug-likeness (QED) is 0.626. The number of fused-ring (bicyclic) bond motifs is 1. The second-order valence-electron chi connectivity index (χ2n) is 3.53. The Kier molecular flexibility index (Phi) is 2.11. The van der Waals surface area contributed by atoms with Crippen molar-refractivity contribution < 1.29 is 0 Å². The van der Waals surface area contributed by atoms with Gasteiger partial charge in [-0.25, -0.2) is 0 Å². The summed E-state index contributed by atoms with van der Waals surface area (Å²) in [7, 11) is 0. The maximum atomic E-state index is 12.2. The van der Waals surface area contributed by atoms with Gasteiger partial charge in [0.2, 0.25) is 0 Å². The Morgan fingerprint density at radius 2 is 1.81 bits per heavy atom. The van der Waals surface area contributed by atoms with Crippen LogP contribution in [0.1, 0.15) is 0 Å². The maximum Gasteiger partial charge on any atom is 0.263 e. The van der Waals surface area contributed by atoms with Gasteiger partial charge < -0.3 is 0 Å². The lowest BCUT2D eigenvalue weighted by molar-refractivity contribution is 1.13. The van der Waals surface area contributed by atoms with Gasteiger partial charge in [0.25, 0.3) is 5.56 Å². The minimum Gasteiger partial charge on any atom is -0.274 e. The summed E-state index contributed by atoms with van der Waals surface area (Å²) in [5, 5.41) is 1.92. The zero-order valence-electron chi connectivity index (χ0n) is 8.46. The van der Waals surface area contributed by atoms with Gasteiger partial charge >= 0.3 is 0 Å². The predicted molar refractivity (Wildman–Crippen MR) is 67.0 cm³/mol. The van der Waals surface area contributed by atoms with E-state index in [1.165, 1.54) is 0 Å². The molecule has 3 heteroatoms. The summed E-state index contributed by atoms with van der Waals surface area (Å²) < 4.78 is 1.69. The van der Waals surface area contributed by atoms with Crippen molar-refractivity contribution in [2.75, 3.05) is 0 Å². The van der Waals surface area contributed by atoms with E-state index in [0.29, 0.717) is 0 Å². The van der Waals surface area contributed by atoms with Crippen molar-refractivity contribution in [1.29, 1.82) is 0 Å². The molecule has 0 saturated heterocycles. The van der Waals surface area contributed by atoms with E-state index in [9.17, 15) is 4.79 Å². The third-order valence-electron chi connectivity index (χ3n) is 2.56. The third kappa shape index (κ3) is 1.37. The number of benzene rings is 1. The summed E-state index contributed by atoms with van der Waals surface area (Å²) in [6, 6.07) is 13.6. The summed E-state index contributed by atoms with van der Waals surface area (Å²) in [6.45, 7) is 0. The SMILES string of the molecule is O=c1c(-c2ccccc2)ccc2sccn12. The number of hydrogen-bond donors (Lipinski definition) is 0. The van der Waals surface area contributed by atoms with Gasteiger partial charge in [0.05, 0.1) is 0 Å². The van der Waals surface area contributed by atoms with E-state index in [4.69, 9.17) is 0 Å². The Morgan fingerprint density at radius 1 is 1.00 bits per heavy atom. The Morgan fingerprint density at radius 3 is 2.62 bits per heavy atom. The molecule has 0 aliphatic rings.